The van der Waals surface area contributed by atoms with Crippen LogP contribution in [0.1, 0.15) is 6.92 Å². The van der Waals surface area contributed by atoms with Crippen molar-refractivity contribution < 1.29 is 14.5 Å². The van der Waals surface area contributed by atoms with Crippen molar-refractivity contribution in [1.29, 1.82) is 0 Å². The highest BCUT2D eigenvalue weighted by Crippen LogP contribution is 2.32. The number of carbonyl (C=O) groups is 1. The average molecular weight is 482 g/mol. The Labute approximate surface area is 191 Å². The van der Waals surface area contributed by atoms with Crippen LogP contribution in [0.4, 0.5) is 11.4 Å². The number of benzene rings is 2. The van der Waals surface area contributed by atoms with E-state index < -0.39 is 4.92 Å². The van der Waals surface area contributed by atoms with Crippen molar-refractivity contribution in [2.45, 2.75) is 18.6 Å². The van der Waals surface area contributed by atoms with E-state index in [0.717, 1.165) is 0 Å². The van der Waals surface area contributed by atoms with Crippen LogP contribution in [-0.4, -0.2) is 38.5 Å². The number of methoxy groups -OCH3 is 1. The molecule has 0 saturated heterocycles. The van der Waals surface area contributed by atoms with E-state index in [9.17, 15) is 14.9 Å². The Hall–Kier alpha value is -2.82. The van der Waals surface area contributed by atoms with Gasteiger partial charge in [0.15, 0.2) is 16.7 Å². The summed E-state index contributed by atoms with van der Waals surface area (Å²) in [5.41, 5.74) is 0.896. The van der Waals surface area contributed by atoms with E-state index in [1.807, 2.05) is 11.5 Å². The van der Waals surface area contributed by atoms with Gasteiger partial charge in [-0.3, -0.25) is 14.9 Å². The lowest BCUT2D eigenvalue weighted by Gasteiger charge is -2.09. The van der Waals surface area contributed by atoms with Gasteiger partial charge in [0.05, 0.1) is 22.8 Å². The zero-order valence-corrected chi connectivity index (χ0v) is 18.8. The molecule has 0 atom stereocenters. The van der Waals surface area contributed by atoms with Crippen molar-refractivity contribution in [2.24, 2.45) is 0 Å². The molecule has 1 heterocycles. The maximum absolute atomic E-state index is 12.4. The van der Waals surface area contributed by atoms with E-state index in [-0.39, 0.29) is 23.1 Å². The van der Waals surface area contributed by atoms with Gasteiger partial charge in [-0.25, -0.2) is 0 Å². The number of halogens is 2. The third-order valence-electron chi connectivity index (χ3n) is 4.20. The largest absolute Gasteiger partial charge is 0.490 e. The Morgan fingerprint density at radius 2 is 2.03 bits per heavy atom. The number of carbonyl (C=O) groups excluding carboxylic acids is 1. The first-order valence-electron chi connectivity index (χ1n) is 8.97. The molecule has 0 fully saturated rings. The molecule has 1 aromatic heterocycles. The van der Waals surface area contributed by atoms with Crippen LogP contribution in [0.5, 0.6) is 5.75 Å². The van der Waals surface area contributed by atoms with Crippen LogP contribution in [0.3, 0.4) is 0 Å². The molecule has 1 N–H and O–H groups in total. The minimum Gasteiger partial charge on any atom is -0.490 e. The second kappa shape index (κ2) is 9.99. The predicted octanol–water partition coefficient (Wildman–Crippen LogP) is 4.92. The number of amides is 1. The van der Waals surface area contributed by atoms with Gasteiger partial charge >= 0.3 is 5.69 Å². The third-order valence-corrected chi connectivity index (χ3v) is 5.71. The number of hydrogen-bond acceptors (Lipinski definition) is 7. The predicted molar refractivity (Wildman–Crippen MR) is 120 cm³/mol. The van der Waals surface area contributed by atoms with Crippen LogP contribution in [0.2, 0.25) is 10.0 Å². The maximum Gasteiger partial charge on any atom is 0.311 e. The van der Waals surface area contributed by atoms with Gasteiger partial charge in [0.2, 0.25) is 5.91 Å². The summed E-state index contributed by atoms with van der Waals surface area (Å²) < 4.78 is 6.86. The van der Waals surface area contributed by atoms with Crippen LogP contribution in [0.25, 0.3) is 11.4 Å². The Kier molecular flexibility index (Phi) is 7.37. The van der Waals surface area contributed by atoms with E-state index in [1.54, 1.807) is 18.2 Å². The number of anilines is 1. The van der Waals surface area contributed by atoms with Gasteiger partial charge in [0, 0.05) is 35.0 Å². The fourth-order valence-corrected chi connectivity index (χ4v) is 4.08. The average Bonchev–Trinajstić information content (AvgIpc) is 3.14. The fraction of sp³-hybridized carbons (Fsp3) is 0.211. The Balaban J connectivity index is 1.71. The Morgan fingerprint density at radius 1 is 1.26 bits per heavy atom. The van der Waals surface area contributed by atoms with Crippen molar-refractivity contribution in [3.63, 3.8) is 0 Å². The second-order valence-electron chi connectivity index (χ2n) is 6.16. The molecule has 0 unspecified atom stereocenters. The topological polar surface area (TPSA) is 112 Å². The van der Waals surface area contributed by atoms with Crippen molar-refractivity contribution in [3.05, 3.63) is 56.6 Å². The number of thioether (sulfide) groups is 1. The summed E-state index contributed by atoms with van der Waals surface area (Å²) in [6.45, 7) is 2.51. The van der Waals surface area contributed by atoms with Crippen LogP contribution in [0, 0.1) is 10.1 Å². The SMILES string of the molecule is CCn1c(SCC(=O)Nc2ccc([N+](=O)[O-])c(OC)c2)nnc1-c1ccc(Cl)cc1Cl. The number of aromatic nitrogens is 3. The summed E-state index contributed by atoms with van der Waals surface area (Å²) in [5, 5.41) is 23.6. The van der Waals surface area contributed by atoms with Crippen LogP contribution < -0.4 is 10.1 Å². The first-order valence-corrected chi connectivity index (χ1v) is 10.7. The molecule has 0 saturated carbocycles. The van der Waals surface area contributed by atoms with Crippen molar-refractivity contribution in [2.75, 3.05) is 18.2 Å². The highest BCUT2D eigenvalue weighted by atomic mass is 35.5. The number of nitrogens with zero attached hydrogens (tertiary/aromatic N) is 4. The molecule has 2 aromatic carbocycles. The van der Waals surface area contributed by atoms with E-state index >= 15 is 0 Å². The molecule has 162 valence electrons. The lowest BCUT2D eigenvalue weighted by molar-refractivity contribution is -0.385. The van der Waals surface area contributed by atoms with Crippen LogP contribution >= 0.6 is 35.0 Å². The Morgan fingerprint density at radius 3 is 2.68 bits per heavy atom. The lowest BCUT2D eigenvalue weighted by Crippen LogP contribution is -2.14. The third kappa shape index (κ3) is 5.27. The molecule has 31 heavy (non-hydrogen) atoms. The van der Waals surface area contributed by atoms with E-state index in [2.05, 4.69) is 15.5 Å². The van der Waals surface area contributed by atoms with Crippen molar-refractivity contribution in [3.8, 4) is 17.1 Å². The van der Waals surface area contributed by atoms with Crippen LogP contribution in [-0.2, 0) is 11.3 Å². The number of rotatable bonds is 8. The van der Waals surface area contributed by atoms with Gasteiger partial charge in [-0.1, -0.05) is 35.0 Å². The van der Waals surface area contributed by atoms with Crippen molar-refractivity contribution >= 4 is 52.2 Å². The molecule has 0 radical (unpaired) electrons. The molecule has 3 rings (SSSR count). The first kappa shape index (κ1) is 22.9. The zero-order chi connectivity index (χ0) is 22.5. The number of ether oxygens (including phenoxy) is 1. The molecule has 12 heteroatoms. The highest BCUT2D eigenvalue weighted by Gasteiger charge is 2.18. The molecule has 1 amide bonds. The standard InChI is InChI=1S/C19H17Cl2N5O4S/c1-3-25-18(13-6-4-11(20)8-14(13)21)23-24-19(25)31-10-17(27)22-12-5-7-15(26(28)29)16(9-12)30-2/h4-9H,3,10H2,1-2H3,(H,22,27). The summed E-state index contributed by atoms with van der Waals surface area (Å²) in [7, 11) is 1.33. The van der Waals surface area contributed by atoms with Gasteiger partial charge in [-0.05, 0) is 31.2 Å². The second-order valence-corrected chi connectivity index (χ2v) is 7.94. The smallest absolute Gasteiger partial charge is 0.311 e. The highest BCUT2D eigenvalue weighted by molar-refractivity contribution is 7.99. The van der Waals surface area contributed by atoms with Crippen LogP contribution in [0.15, 0.2) is 41.6 Å². The molecule has 0 aliphatic carbocycles. The lowest BCUT2D eigenvalue weighted by atomic mass is 10.2. The summed E-state index contributed by atoms with van der Waals surface area (Å²) in [6, 6.07) is 9.23. The van der Waals surface area contributed by atoms with Gasteiger partial charge in [-0.15, -0.1) is 10.2 Å². The van der Waals surface area contributed by atoms with E-state index in [1.165, 1.54) is 37.1 Å². The quantitative estimate of drug-likeness (QED) is 0.276. The molecule has 9 nitrogen and oxygen atoms in total. The molecule has 0 spiro atoms. The van der Waals surface area contributed by atoms with Gasteiger partial charge in [-0.2, -0.15) is 0 Å². The number of hydrogen-bond donors (Lipinski definition) is 1. The van der Waals surface area contributed by atoms with Gasteiger partial charge in [0.25, 0.3) is 0 Å². The van der Waals surface area contributed by atoms with Gasteiger partial charge in [0.1, 0.15) is 0 Å². The first-order chi connectivity index (χ1) is 14.8. The molecule has 0 aliphatic rings. The number of nitro benzene ring substituents is 1. The normalized spacial score (nSPS) is 10.7. The fourth-order valence-electron chi connectivity index (χ4n) is 2.78. The number of nitrogens with one attached hydrogen (secondary N) is 1. The summed E-state index contributed by atoms with van der Waals surface area (Å²) in [5.74, 6) is 0.390. The molecule has 0 bridgehead atoms. The minimum absolute atomic E-state index is 0.0608. The summed E-state index contributed by atoms with van der Waals surface area (Å²) >= 11 is 13.5. The van der Waals surface area contributed by atoms with Crippen molar-refractivity contribution in [1.82, 2.24) is 14.8 Å². The molecule has 3 aromatic rings. The molecule has 0 aliphatic heterocycles. The van der Waals surface area contributed by atoms with E-state index in [0.29, 0.717) is 38.8 Å². The Bertz CT molecular complexity index is 1140. The monoisotopic (exact) mass is 481 g/mol. The number of nitro groups is 1. The van der Waals surface area contributed by atoms with E-state index in [4.69, 9.17) is 27.9 Å². The zero-order valence-electron chi connectivity index (χ0n) is 16.5. The summed E-state index contributed by atoms with van der Waals surface area (Å²) in [6.07, 6.45) is 0. The molecular formula is C19H17Cl2N5O4S. The maximum atomic E-state index is 12.4. The molecular weight excluding hydrogens is 465 g/mol. The summed E-state index contributed by atoms with van der Waals surface area (Å²) in [4.78, 5) is 22.8. The minimum atomic E-state index is -0.553. The van der Waals surface area contributed by atoms with Gasteiger partial charge < -0.3 is 14.6 Å².